The molecule has 0 spiro atoms. The van der Waals surface area contributed by atoms with Gasteiger partial charge in [0.2, 0.25) is 0 Å². The second-order valence-electron chi connectivity index (χ2n) is 8.99. The molecule has 2 aromatic carbocycles. The Kier molecular flexibility index (Phi) is 4.64. The number of carbonyl (C=O) groups is 1. The summed E-state index contributed by atoms with van der Waals surface area (Å²) in [5.41, 5.74) is 11.7. The number of nitrogens with two attached hydrogens (primary N) is 1. The summed E-state index contributed by atoms with van der Waals surface area (Å²) < 4.78 is 14.1. The normalized spacial score (nSPS) is 19.0. The number of benzene rings is 2. The molecular formula is C24H27FN4O. The molecule has 6 heteroatoms. The minimum Gasteiger partial charge on any atom is -0.354 e. The summed E-state index contributed by atoms with van der Waals surface area (Å²) in [6, 6.07) is 11.3. The lowest BCUT2D eigenvalue weighted by molar-refractivity contribution is 0.0957. The summed E-state index contributed by atoms with van der Waals surface area (Å²) in [7, 11) is 0. The van der Waals surface area contributed by atoms with E-state index in [1.807, 2.05) is 0 Å². The summed E-state index contributed by atoms with van der Waals surface area (Å²) in [6.45, 7) is 5.57. The van der Waals surface area contributed by atoms with Gasteiger partial charge in [-0.3, -0.25) is 9.69 Å². The van der Waals surface area contributed by atoms with Crippen LogP contribution in [0.15, 0.2) is 36.4 Å². The van der Waals surface area contributed by atoms with Gasteiger partial charge in [-0.15, -0.1) is 0 Å². The van der Waals surface area contributed by atoms with Crippen molar-refractivity contribution in [3.63, 3.8) is 0 Å². The van der Waals surface area contributed by atoms with Crippen LogP contribution < -0.4 is 11.1 Å². The highest BCUT2D eigenvalue weighted by molar-refractivity contribution is 6.10. The molecule has 156 valence electrons. The maximum Gasteiger partial charge on any atom is 0.252 e. The summed E-state index contributed by atoms with van der Waals surface area (Å²) in [6.07, 6.45) is 2.73. The van der Waals surface area contributed by atoms with Gasteiger partial charge in [0.25, 0.3) is 5.91 Å². The number of aromatic amines is 1. The maximum absolute atomic E-state index is 14.1. The molecule has 5 rings (SSSR count). The van der Waals surface area contributed by atoms with E-state index >= 15 is 0 Å². The quantitative estimate of drug-likeness (QED) is 0.623. The smallest absolute Gasteiger partial charge is 0.252 e. The zero-order valence-electron chi connectivity index (χ0n) is 17.2. The number of aromatic nitrogens is 1. The number of hydrogen-bond donors (Lipinski definition) is 3. The lowest BCUT2D eigenvalue weighted by Gasteiger charge is -2.36. The van der Waals surface area contributed by atoms with Gasteiger partial charge in [0.1, 0.15) is 5.82 Å². The Morgan fingerprint density at radius 1 is 1.20 bits per heavy atom. The van der Waals surface area contributed by atoms with Crippen molar-refractivity contribution in [2.75, 3.05) is 19.6 Å². The molecule has 1 fully saturated rings. The molecule has 1 saturated heterocycles. The Labute approximate surface area is 175 Å². The van der Waals surface area contributed by atoms with Crippen LogP contribution in [0.3, 0.4) is 0 Å². The number of H-pyrrole nitrogens is 1. The van der Waals surface area contributed by atoms with Crippen LogP contribution in [0.1, 0.15) is 41.3 Å². The number of nitrogens with one attached hydrogen (secondary N) is 2. The molecule has 0 bridgehead atoms. The third kappa shape index (κ3) is 3.50. The third-order valence-electron chi connectivity index (χ3n) is 6.49. The van der Waals surface area contributed by atoms with E-state index in [0.29, 0.717) is 24.0 Å². The minimum absolute atomic E-state index is 0.0532. The van der Waals surface area contributed by atoms with E-state index in [2.05, 4.69) is 46.4 Å². The SMILES string of the molecule is CC1(N)CCN(Cc2cccc(-c3[nH]c4cc(F)cc5c4c3CCNC5=O)c2)CC1. The predicted octanol–water partition coefficient (Wildman–Crippen LogP) is 3.57. The number of piperidine rings is 1. The van der Waals surface area contributed by atoms with Gasteiger partial charge < -0.3 is 16.0 Å². The summed E-state index contributed by atoms with van der Waals surface area (Å²) >= 11 is 0. The van der Waals surface area contributed by atoms with Crippen LogP contribution >= 0.6 is 0 Å². The van der Waals surface area contributed by atoms with E-state index in [1.54, 1.807) is 0 Å². The van der Waals surface area contributed by atoms with Crippen LogP contribution in [0.2, 0.25) is 0 Å². The average molecular weight is 407 g/mol. The molecule has 3 aromatic rings. The molecule has 4 N–H and O–H groups in total. The molecular weight excluding hydrogens is 379 g/mol. The minimum atomic E-state index is -0.403. The number of halogens is 1. The highest BCUT2D eigenvalue weighted by Crippen LogP contribution is 2.35. The van der Waals surface area contributed by atoms with Gasteiger partial charge >= 0.3 is 0 Å². The molecule has 0 atom stereocenters. The molecule has 0 aliphatic carbocycles. The van der Waals surface area contributed by atoms with Gasteiger partial charge in [-0.25, -0.2) is 4.39 Å². The van der Waals surface area contributed by atoms with Crippen molar-refractivity contribution in [3.8, 4) is 11.3 Å². The first-order valence-corrected chi connectivity index (χ1v) is 10.6. The molecule has 3 heterocycles. The Hall–Kier alpha value is -2.70. The Bertz CT molecular complexity index is 1120. The van der Waals surface area contributed by atoms with Crippen molar-refractivity contribution in [1.82, 2.24) is 15.2 Å². The van der Waals surface area contributed by atoms with Crippen LogP contribution in [-0.4, -0.2) is 41.0 Å². The Morgan fingerprint density at radius 3 is 2.80 bits per heavy atom. The van der Waals surface area contributed by atoms with E-state index in [9.17, 15) is 9.18 Å². The lowest BCUT2D eigenvalue weighted by atomic mass is 9.91. The topological polar surface area (TPSA) is 74.2 Å². The van der Waals surface area contributed by atoms with E-state index in [0.717, 1.165) is 54.7 Å². The van der Waals surface area contributed by atoms with Crippen molar-refractivity contribution in [2.24, 2.45) is 5.73 Å². The second kappa shape index (κ2) is 7.22. The zero-order valence-corrected chi connectivity index (χ0v) is 17.2. The first kappa shape index (κ1) is 19.3. The summed E-state index contributed by atoms with van der Waals surface area (Å²) in [5, 5.41) is 3.72. The molecule has 2 aliphatic heterocycles. The van der Waals surface area contributed by atoms with Crippen LogP contribution in [0.25, 0.3) is 22.2 Å². The van der Waals surface area contributed by atoms with Crippen molar-refractivity contribution in [3.05, 3.63) is 58.9 Å². The number of nitrogens with zero attached hydrogens (tertiary/aromatic N) is 1. The fourth-order valence-corrected chi connectivity index (χ4v) is 4.74. The highest BCUT2D eigenvalue weighted by Gasteiger charge is 2.26. The van der Waals surface area contributed by atoms with Crippen molar-refractivity contribution in [2.45, 2.75) is 38.3 Å². The molecule has 1 amide bonds. The largest absolute Gasteiger partial charge is 0.354 e. The van der Waals surface area contributed by atoms with Crippen LogP contribution in [-0.2, 0) is 13.0 Å². The maximum atomic E-state index is 14.1. The summed E-state index contributed by atoms with van der Waals surface area (Å²) in [5.74, 6) is -0.616. The molecule has 1 aromatic heterocycles. The van der Waals surface area contributed by atoms with E-state index < -0.39 is 5.82 Å². The first-order valence-electron chi connectivity index (χ1n) is 10.6. The molecule has 0 saturated carbocycles. The van der Waals surface area contributed by atoms with Gasteiger partial charge in [0.15, 0.2) is 0 Å². The fraction of sp³-hybridized carbons (Fsp3) is 0.375. The fourth-order valence-electron chi connectivity index (χ4n) is 4.74. The molecule has 0 radical (unpaired) electrons. The average Bonchev–Trinajstić information content (AvgIpc) is 2.98. The van der Waals surface area contributed by atoms with E-state index in [4.69, 9.17) is 5.73 Å². The van der Waals surface area contributed by atoms with Crippen molar-refractivity contribution in [1.29, 1.82) is 0 Å². The molecule has 30 heavy (non-hydrogen) atoms. The van der Waals surface area contributed by atoms with Gasteiger partial charge in [0, 0.05) is 48.3 Å². The molecule has 0 unspecified atom stereocenters. The van der Waals surface area contributed by atoms with Crippen molar-refractivity contribution < 1.29 is 9.18 Å². The molecule has 5 nitrogen and oxygen atoms in total. The summed E-state index contributed by atoms with van der Waals surface area (Å²) in [4.78, 5) is 18.2. The lowest BCUT2D eigenvalue weighted by Crippen LogP contribution is -2.47. The van der Waals surface area contributed by atoms with Crippen LogP contribution in [0.4, 0.5) is 4.39 Å². The van der Waals surface area contributed by atoms with Crippen LogP contribution in [0.5, 0.6) is 0 Å². The Balaban J connectivity index is 1.50. The monoisotopic (exact) mass is 406 g/mol. The number of carbonyl (C=O) groups excluding carboxylic acids is 1. The van der Waals surface area contributed by atoms with Gasteiger partial charge in [-0.05, 0) is 61.1 Å². The van der Waals surface area contributed by atoms with Crippen molar-refractivity contribution >= 4 is 16.8 Å². The zero-order chi connectivity index (χ0) is 20.9. The standard InChI is InChI=1S/C24H27FN4O/c1-24(26)6-9-29(10-7-24)14-15-3-2-4-16(11-15)22-18-5-8-27-23(30)19-12-17(25)13-20(28-22)21(18)19/h2-4,11-13,28H,5-10,14,26H2,1H3,(H,27,30). The number of hydrogen-bond acceptors (Lipinski definition) is 3. The van der Waals surface area contributed by atoms with Gasteiger partial charge in [0.05, 0.1) is 5.56 Å². The van der Waals surface area contributed by atoms with E-state index in [1.165, 1.54) is 17.7 Å². The third-order valence-corrected chi connectivity index (χ3v) is 6.49. The first-order chi connectivity index (χ1) is 14.4. The predicted molar refractivity (Wildman–Crippen MR) is 117 cm³/mol. The van der Waals surface area contributed by atoms with Crippen LogP contribution in [0, 0.1) is 5.82 Å². The number of amides is 1. The number of likely N-dealkylation sites (tertiary alicyclic amines) is 1. The Morgan fingerprint density at radius 2 is 2.00 bits per heavy atom. The number of rotatable bonds is 3. The van der Waals surface area contributed by atoms with Gasteiger partial charge in [-0.1, -0.05) is 18.2 Å². The second-order valence-corrected chi connectivity index (χ2v) is 8.99. The van der Waals surface area contributed by atoms with E-state index in [-0.39, 0.29) is 11.4 Å². The van der Waals surface area contributed by atoms with Gasteiger partial charge in [-0.2, -0.15) is 0 Å². The highest BCUT2D eigenvalue weighted by atomic mass is 19.1. The molecule has 2 aliphatic rings.